The van der Waals surface area contributed by atoms with Crippen LogP contribution in [0.2, 0.25) is 10.0 Å². The molecule has 0 saturated carbocycles. The molecule has 0 aliphatic carbocycles. The molecule has 0 saturated heterocycles. The molecule has 0 aliphatic heterocycles. The molecule has 0 aromatic heterocycles. The van der Waals surface area contributed by atoms with Crippen LogP contribution in [0.15, 0.2) is 30.9 Å². The zero-order chi connectivity index (χ0) is 13.7. The van der Waals surface area contributed by atoms with Crippen LogP contribution in [0, 0.1) is 0 Å². The van der Waals surface area contributed by atoms with Gasteiger partial charge in [0.05, 0.1) is 15.6 Å². The van der Waals surface area contributed by atoms with E-state index in [9.17, 15) is 9.59 Å². The van der Waals surface area contributed by atoms with Crippen molar-refractivity contribution < 1.29 is 14.7 Å². The summed E-state index contributed by atoms with van der Waals surface area (Å²) in [6.45, 7) is 3.43. The number of hydrogen-bond acceptors (Lipinski definition) is 2. The van der Waals surface area contributed by atoms with Gasteiger partial charge < -0.3 is 10.4 Å². The third kappa shape index (κ3) is 3.48. The van der Waals surface area contributed by atoms with Gasteiger partial charge in [-0.25, -0.2) is 4.79 Å². The lowest BCUT2D eigenvalue weighted by Gasteiger charge is -2.13. The third-order valence-electron chi connectivity index (χ3n) is 2.20. The van der Waals surface area contributed by atoms with Crippen LogP contribution in [-0.4, -0.2) is 23.0 Å². The maximum Gasteiger partial charge on any atom is 0.326 e. The van der Waals surface area contributed by atoms with Crippen molar-refractivity contribution in [2.75, 3.05) is 0 Å². The molecule has 1 atom stereocenters. The molecule has 0 heterocycles. The Morgan fingerprint density at radius 1 is 1.39 bits per heavy atom. The van der Waals surface area contributed by atoms with E-state index in [1.165, 1.54) is 18.2 Å². The summed E-state index contributed by atoms with van der Waals surface area (Å²) in [6.07, 6.45) is 1.52. The zero-order valence-corrected chi connectivity index (χ0v) is 10.8. The number of nitrogens with one attached hydrogen (secondary N) is 1. The number of carboxylic acid groups (broad SMARTS) is 1. The third-order valence-corrected chi connectivity index (χ3v) is 2.83. The molecular weight excluding hydrogens is 277 g/mol. The van der Waals surface area contributed by atoms with E-state index in [-0.39, 0.29) is 22.0 Å². The standard InChI is InChI=1S/C12H11Cl2NO3/c1-2-4-9(12(17)18)15-11(16)10-7(13)5-3-6-8(10)14/h2-3,5-6,9H,1,4H2,(H,15,16)(H,17,18). The fraction of sp³-hybridized carbons (Fsp3) is 0.167. The second-order valence-electron chi connectivity index (χ2n) is 3.49. The Morgan fingerprint density at radius 2 is 1.94 bits per heavy atom. The van der Waals surface area contributed by atoms with Crippen molar-refractivity contribution in [1.82, 2.24) is 5.32 Å². The lowest BCUT2D eigenvalue weighted by atomic mass is 10.1. The SMILES string of the molecule is C=CCC(NC(=O)c1c(Cl)cccc1Cl)C(=O)O. The van der Waals surface area contributed by atoms with Crippen molar-refractivity contribution in [2.45, 2.75) is 12.5 Å². The van der Waals surface area contributed by atoms with Crippen LogP contribution >= 0.6 is 23.2 Å². The van der Waals surface area contributed by atoms with Crippen LogP contribution < -0.4 is 5.32 Å². The van der Waals surface area contributed by atoms with E-state index >= 15 is 0 Å². The molecule has 1 rings (SSSR count). The quantitative estimate of drug-likeness (QED) is 0.819. The van der Waals surface area contributed by atoms with E-state index in [1.807, 2.05) is 0 Å². The summed E-state index contributed by atoms with van der Waals surface area (Å²) in [5.41, 5.74) is 0.0659. The first-order chi connectivity index (χ1) is 8.47. The molecule has 1 amide bonds. The zero-order valence-electron chi connectivity index (χ0n) is 9.32. The Balaban J connectivity index is 2.94. The lowest BCUT2D eigenvalue weighted by molar-refractivity contribution is -0.139. The van der Waals surface area contributed by atoms with Crippen molar-refractivity contribution in [3.05, 3.63) is 46.5 Å². The Kier molecular flexibility index (Phi) is 5.19. The van der Waals surface area contributed by atoms with Gasteiger partial charge in [0, 0.05) is 0 Å². The number of rotatable bonds is 5. The number of carbonyl (C=O) groups excluding carboxylic acids is 1. The van der Waals surface area contributed by atoms with E-state index in [1.54, 1.807) is 6.07 Å². The second kappa shape index (κ2) is 6.42. The monoisotopic (exact) mass is 287 g/mol. The fourth-order valence-corrected chi connectivity index (χ4v) is 1.90. The van der Waals surface area contributed by atoms with E-state index < -0.39 is 17.9 Å². The molecule has 18 heavy (non-hydrogen) atoms. The maximum absolute atomic E-state index is 11.9. The second-order valence-corrected chi connectivity index (χ2v) is 4.30. The molecule has 6 heteroatoms. The minimum absolute atomic E-state index is 0.0659. The molecule has 0 spiro atoms. The van der Waals surface area contributed by atoms with Gasteiger partial charge in [0.2, 0.25) is 0 Å². The first-order valence-corrected chi connectivity index (χ1v) is 5.81. The Labute approximate surface area is 114 Å². The summed E-state index contributed by atoms with van der Waals surface area (Å²) in [6, 6.07) is 3.55. The van der Waals surface area contributed by atoms with E-state index in [2.05, 4.69) is 11.9 Å². The van der Waals surface area contributed by atoms with Crippen molar-refractivity contribution in [2.24, 2.45) is 0 Å². The van der Waals surface area contributed by atoms with Crippen molar-refractivity contribution in [3.8, 4) is 0 Å². The molecule has 2 N–H and O–H groups in total. The molecule has 0 aliphatic rings. The van der Waals surface area contributed by atoms with Crippen molar-refractivity contribution in [3.63, 3.8) is 0 Å². The molecule has 1 aromatic carbocycles. The number of carbonyl (C=O) groups is 2. The van der Waals surface area contributed by atoms with E-state index in [4.69, 9.17) is 28.3 Å². The molecule has 0 radical (unpaired) electrons. The number of aliphatic carboxylic acids is 1. The molecule has 0 fully saturated rings. The van der Waals surface area contributed by atoms with Gasteiger partial charge >= 0.3 is 5.97 Å². The number of halogens is 2. The number of hydrogen-bond donors (Lipinski definition) is 2. The predicted octanol–water partition coefficient (Wildman–Crippen LogP) is 2.75. The summed E-state index contributed by atoms with van der Waals surface area (Å²) < 4.78 is 0. The van der Waals surface area contributed by atoms with Crippen LogP contribution in [0.4, 0.5) is 0 Å². The molecule has 0 bridgehead atoms. The first-order valence-electron chi connectivity index (χ1n) is 5.06. The summed E-state index contributed by atoms with van der Waals surface area (Å²) in [4.78, 5) is 22.8. The summed E-state index contributed by atoms with van der Waals surface area (Å²) in [5, 5.41) is 11.6. The molecule has 96 valence electrons. The molecule has 1 aromatic rings. The van der Waals surface area contributed by atoms with Crippen molar-refractivity contribution in [1.29, 1.82) is 0 Å². The summed E-state index contributed by atoms with van der Waals surface area (Å²) in [7, 11) is 0. The van der Waals surface area contributed by atoms with Gasteiger partial charge in [-0.1, -0.05) is 35.3 Å². The van der Waals surface area contributed by atoms with Crippen LogP contribution in [0.5, 0.6) is 0 Å². The van der Waals surface area contributed by atoms with Crippen molar-refractivity contribution >= 4 is 35.1 Å². The van der Waals surface area contributed by atoms with E-state index in [0.717, 1.165) is 0 Å². The highest BCUT2D eigenvalue weighted by molar-refractivity contribution is 6.39. The Hall–Kier alpha value is -1.52. The minimum Gasteiger partial charge on any atom is -0.480 e. The largest absolute Gasteiger partial charge is 0.480 e. The predicted molar refractivity (Wildman–Crippen MR) is 70.2 cm³/mol. The van der Waals surface area contributed by atoms with Gasteiger partial charge in [-0.2, -0.15) is 0 Å². The highest BCUT2D eigenvalue weighted by Crippen LogP contribution is 2.24. The summed E-state index contributed by atoms with van der Waals surface area (Å²) >= 11 is 11.7. The van der Waals surface area contributed by atoms with Gasteiger partial charge in [-0.05, 0) is 18.6 Å². The normalized spacial score (nSPS) is 11.7. The smallest absolute Gasteiger partial charge is 0.326 e. The maximum atomic E-state index is 11.9. The fourth-order valence-electron chi connectivity index (χ4n) is 1.33. The molecule has 4 nitrogen and oxygen atoms in total. The first kappa shape index (κ1) is 14.5. The van der Waals surface area contributed by atoms with Gasteiger partial charge in [0.15, 0.2) is 0 Å². The number of amides is 1. The average molecular weight is 288 g/mol. The summed E-state index contributed by atoms with van der Waals surface area (Å²) in [5.74, 6) is -1.77. The molecular formula is C12H11Cl2NO3. The minimum atomic E-state index is -1.15. The van der Waals surface area contributed by atoms with Gasteiger partial charge in [0.1, 0.15) is 6.04 Å². The lowest BCUT2D eigenvalue weighted by Crippen LogP contribution is -2.40. The number of carboxylic acids is 1. The molecule has 1 unspecified atom stereocenters. The highest BCUT2D eigenvalue weighted by Gasteiger charge is 2.22. The van der Waals surface area contributed by atoms with Crippen LogP contribution in [-0.2, 0) is 4.79 Å². The van der Waals surface area contributed by atoms with Crippen LogP contribution in [0.3, 0.4) is 0 Å². The van der Waals surface area contributed by atoms with Gasteiger partial charge in [-0.3, -0.25) is 4.79 Å². The highest BCUT2D eigenvalue weighted by atomic mass is 35.5. The van der Waals surface area contributed by atoms with Crippen LogP contribution in [0.25, 0.3) is 0 Å². The Bertz CT molecular complexity index is 468. The van der Waals surface area contributed by atoms with Gasteiger partial charge in [0.25, 0.3) is 5.91 Å². The topological polar surface area (TPSA) is 66.4 Å². The van der Waals surface area contributed by atoms with Gasteiger partial charge in [-0.15, -0.1) is 6.58 Å². The number of benzene rings is 1. The van der Waals surface area contributed by atoms with Crippen LogP contribution in [0.1, 0.15) is 16.8 Å². The Morgan fingerprint density at radius 3 is 2.39 bits per heavy atom. The average Bonchev–Trinajstić information content (AvgIpc) is 2.28. The van der Waals surface area contributed by atoms with E-state index in [0.29, 0.717) is 0 Å².